The van der Waals surface area contributed by atoms with Crippen molar-refractivity contribution in [3.05, 3.63) is 28.2 Å². The van der Waals surface area contributed by atoms with E-state index in [1.54, 1.807) is 0 Å². The SMILES string of the molecule is N#Cc1ccc(N2CCCC(C3CCCN3)C2)c(Br)c1. The molecule has 2 aliphatic heterocycles. The number of nitrogens with one attached hydrogen (secondary N) is 1. The molecule has 1 aromatic carbocycles. The van der Waals surface area contributed by atoms with E-state index >= 15 is 0 Å². The van der Waals surface area contributed by atoms with Gasteiger partial charge >= 0.3 is 0 Å². The number of piperidine rings is 1. The zero-order valence-electron chi connectivity index (χ0n) is 11.6. The Morgan fingerprint density at radius 1 is 1.30 bits per heavy atom. The molecule has 20 heavy (non-hydrogen) atoms. The Balaban J connectivity index is 1.74. The van der Waals surface area contributed by atoms with Gasteiger partial charge in [-0.25, -0.2) is 0 Å². The Morgan fingerprint density at radius 3 is 2.90 bits per heavy atom. The van der Waals surface area contributed by atoms with Crippen molar-refractivity contribution in [2.24, 2.45) is 5.92 Å². The van der Waals surface area contributed by atoms with Gasteiger partial charge in [0.25, 0.3) is 0 Å². The summed E-state index contributed by atoms with van der Waals surface area (Å²) < 4.78 is 1.04. The highest BCUT2D eigenvalue weighted by molar-refractivity contribution is 9.10. The molecule has 2 saturated heterocycles. The van der Waals surface area contributed by atoms with E-state index in [9.17, 15) is 0 Å². The minimum absolute atomic E-state index is 0.704. The normalized spacial score (nSPS) is 26.5. The summed E-state index contributed by atoms with van der Waals surface area (Å²) in [5.74, 6) is 0.758. The van der Waals surface area contributed by atoms with Gasteiger partial charge in [-0.3, -0.25) is 0 Å². The van der Waals surface area contributed by atoms with Gasteiger partial charge in [0.15, 0.2) is 0 Å². The number of benzene rings is 1. The van der Waals surface area contributed by atoms with Crippen molar-refractivity contribution in [2.45, 2.75) is 31.7 Å². The van der Waals surface area contributed by atoms with E-state index in [-0.39, 0.29) is 0 Å². The molecule has 1 N–H and O–H groups in total. The summed E-state index contributed by atoms with van der Waals surface area (Å²) in [6.07, 6.45) is 5.24. The zero-order valence-corrected chi connectivity index (χ0v) is 13.2. The summed E-state index contributed by atoms with van der Waals surface area (Å²) in [7, 11) is 0. The summed E-state index contributed by atoms with van der Waals surface area (Å²) in [6, 6.07) is 8.81. The zero-order chi connectivity index (χ0) is 13.9. The molecule has 0 amide bonds. The molecule has 3 nitrogen and oxygen atoms in total. The molecule has 2 heterocycles. The van der Waals surface area contributed by atoms with Crippen LogP contribution < -0.4 is 10.2 Å². The maximum absolute atomic E-state index is 8.96. The van der Waals surface area contributed by atoms with Gasteiger partial charge in [0.2, 0.25) is 0 Å². The van der Waals surface area contributed by atoms with Crippen molar-refractivity contribution in [3.63, 3.8) is 0 Å². The Bertz CT molecular complexity index is 517. The van der Waals surface area contributed by atoms with Crippen LogP contribution in [0.3, 0.4) is 0 Å². The molecule has 0 saturated carbocycles. The standard InChI is InChI=1S/C16H20BrN3/c17-14-9-12(10-18)5-6-16(14)20-8-2-3-13(11-20)15-4-1-7-19-15/h5-6,9,13,15,19H,1-4,7-8,11H2. The van der Waals surface area contributed by atoms with Gasteiger partial charge in [-0.05, 0) is 72.3 Å². The van der Waals surface area contributed by atoms with Gasteiger partial charge in [0, 0.05) is 23.6 Å². The fourth-order valence-corrected chi connectivity index (χ4v) is 4.13. The maximum atomic E-state index is 8.96. The predicted octanol–water partition coefficient (Wildman–Crippen LogP) is 3.29. The molecule has 0 radical (unpaired) electrons. The van der Waals surface area contributed by atoms with Crippen molar-refractivity contribution in [1.29, 1.82) is 5.26 Å². The highest BCUT2D eigenvalue weighted by Gasteiger charge is 2.29. The first-order valence-corrected chi connectivity index (χ1v) is 8.25. The molecule has 0 bridgehead atoms. The third-order valence-corrected chi connectivity index (χ3v) is 5.18. The number of nitrogens with zero attached hydrogens (tertiary/aromatic N) is 2. The van der Waals surface area contributed by atoms with E-state index in [2.05, 4.69) is 38.3 Å². The third kappa shape index (κ3) is 2.84. The number of hydrogen-bond acceptors (Lipinski definition) is 3. The molecule has 4 heteroatoms. The van der Waals surface area contributed by atoms with Gasteiger partial charge in [-0.1, -0.05) is 0 Å². The molecule has 2 aliphatic rings. The van der Waals surface area contributed by atoms with E-state index in [0.717, 1.165) is 23.5 Å². The second kappa shape index (κ2) is 6.15. The van der Waals surface area contributed by atoms with E-state index in [4.69, 9.17) is 5.26 Å². The van der Waals surface area contributed by atoms with Crippen LogP contribution in [0.25, 0.3) is 0 Å². The summed E-state index contributed by atoms with van der Waals surface area (Å²) >= 11 is 3.62. The molecule has 2 fully saturated rings. The Labute approximate surface area is 129 Å². The smallest absolute Gasteiger partial charge is 0.0992 e. The largest absolute Gasteiger partial charge is 0.370 e. The Hall–Kier alpha value is -1.05. The van der Waals surface area contributed by atoms with Gasteiger partial charge < -0.3 is 10.2 Å². The quantitative estimate of drug-likeness (QED) is 0.902. The van der Waals surface area contributed by atoms with Crippen LogP contribution in [0, 0.1) is 17.2 Å². The van der Waals surface area contributed by atoms with Crippen LogP contribution in [0.2, 0.25) is 0 Å². The van der Waals surface area contributed by atoms with Crippen LogP contribution in [0.4, 0.5) is 5.69 Å². The molecule has 0 aliphatic carbocycles. The number of rotatable bonds is 2. The number of nitriles is 1. The van der Waals surface area contributed by atoms with Crippen LogP contribution >= 0.6 is 15.9 Å². The molecule has 0 spiro atoms. The third-order valence-electron chi connectivity index (χ3n) is 4.54. The molecular formula is C16H20BrN3. The van der Waals surface area contributed by atoms with Crippen LogP contribution in [-0.2, 0) is 0 Å². The minimum Gasteiger partial charge on any atom is -0.370 e. The molecule has 2 atom stereocenters. The van der Waals surface area contributed by atoms with Gasteiger partial charge in [0.1, 0.15) is 0 Å². The summed E-state index contributed by atoms with van der Waals surface area (Å²) in [4.78, 5) is 2.47. The first-order valence-electron chi connectivity index (χ1n) is 7.46. The molecule has 3 rings (SSSR count). The number of hydrogen-bond donors (Lipinski definition) is 1. The van der Waals surface area contributed by atoms with Crippen molar-refractivity contribution in [2.75, 3.05) is 24.5 Å². The van der Waals surface area contributed by atoms with E-state index in [0.29, 0.717) is 11.6 Å². The van der Waals surface area contributed by atoms with Crippen molar-refractivity contribution < 1.29 is 0 Å². The highest BCUT2D eigenvalue weighted by Crippen LogP contribution is 2.32. The fourth-order valence-electron chi connectivity index (χ4n) is 3.50. The van der Waals surface area contributed by atoms with Crippen LogP contribution in [0.15, 0.2) is 22.7 Å². The van der Waals surface area contributed by atoms with E-state index in [1.807, 2.05) is 12.1 Å². The van der Waals surface area contributed by atoms with E-state index in [1.165, 1.54) is 37.9 Å². The molecule has 2 unspecified atom stereocenters. The fraction of sp³-hybridized carbons (Fsp3) is 0.562. The van der Waals surface area contributed by atoms with Gasteiger partial charge in [-0.15, -0.1) is 0 Å². The van der Waals surface area contributed by atoms with E-state index < -0.39 is 0 Å². The highest BCUT2D eigenvalue weighted by atomic mass is 79.9. The average molecular weight is 334 g/mol. The second-order valence-corrected chi connectivity index (χ2v) is 6.68. The topological polar surface area (TPSA) is 39.1 Å². The monoisotopic (exact) mass is 333 g/mol. The summed E-state index contributed by atoms with van der Waals surface area (Å²) in [5, 5.41) is 12.6. The number of anilines is 1. The first-order chi connectivity index (χ1) is 9.78. The predicted molar refractivity (Wildman–Crippen MR) is 84.8 cm³/mol. The molecule has 106 valence electrons. The molecule has 1 aromatic rings. The minimum atomic E-state index is 0.704. The lowest BCUT2D eigenvalue weighted by molar-refractivity contribution is 0.328. The first kappa shape index (κ1) is 13.9. The Kier molecular flexibility index (Phi) is 4.28. The lowest BCUT2D eigenvalue weighted by Gasteiger charge is -2.37. The van der Waals surface area contributed by atoms with Crippen LogP contribution in [0.5, 0.6) is 0 Å². The lowest BCUT2D eigenvalue weighted by Crippen LogP contribution is -2.43. The summed E-state index contributed by atoms with van der Waals surface area (Å²) in [5.41, 5.74) is 1.94. The van der Waals surface area contributed by atoms with Crippen LogP contribution in [-0.4, -0.2) is 25.7 Å². The van der Waals surface area contributed by atoms with Crippen molar-refractivity contribution in [1.82, 2.24) is 5.32 Å². The maximum Gasteiger partial charge on any atom is 0.0992 e. The van der Waals surface area contributed by atoms with Gasteiger partial charge in [0.05, 0.1) is 17.3 Å². The van der Waals surface area contributed by atoms with Crippen LogP contribution in [0.1, 0.15) is 31.2 Å². The number of halogens is 1. The van der Waals surface area contributed by atoms with Crippen molar-refractivity contribution >= 4 is 21.6 Å². The van der Waals surface area contributed by atoms with Gasteiger partial charge in [-0.2, -0.15) is 5.26 Å². The summed E-state index contributed by atoms with van der Waals surface area (Å²) in [6.45, 7) is 3.43. The molecular weight excluding hydrogens is 314 g/mol. The molecule has 0 aromatic heterocycles. The average Bonchev–Trinajstić information content (AvgIpc) is 3.01. The Morgan fingerprint density at radius 2 is 2.20 bits per heavy atom. The lowest BCUT2D eigenvalue weighted by atomic mass is 9.89. The van der Waals surface area contributed by atoms with Crippen molar-refractivity contribution in [3.8, 4) is 6.07 Å². The second-order valence-electron chi connectivity index (χ2n) is 5.83.